The summed E-state index contributed by atoms with van der Waals surface area (Å²) in [5.74, 6) is -0.459. The number of rotatable bonds is 33. The Hall–Kier alpha value is -1.90. The number of hydrogen-bond donors (Lipinski definition) is 4. The summed E-state index contributed by atoms with van der Waals surface area (Å²) in [5.41, 5.74) is 4.71. The summed E-state index contributed by atoms with van der Waals surface area (Å²) in [5, 5.41) is 20.9. The van der Waals surface area contributed by atoms with Crippen molar-refractivity contribution in [2.75, 3.05) is 32.2 Å². The van der Waals surface area contributed by atoms with Crippen molar-refractivity contribution < 1.29 is 47.7 Å². The number of nitrogens with two attached hydrogens (primary N) is 1. The summed E-state index contributed by atoms with van der Waals surface area (Å²) in [6.07, 6.45) is 19.6. The third-order valence-corrected chi connectivity index (χ3v) is 10.5. The van der Waals surface area contributed by atoms with Crippen LogP contribution in [-0.2, 0) is 32.6 Å². The van der Waals surface area contributed by atoms with Gasteiger partial charge in [-0.25, -0.2) is 9.36 Å². The number of ether oxygens (including phenoxy) is 3. The molecule has 15 heteroatoms. The van der Waals surface area contributed by atoms with Crippen LogP contribution in [0.3, 0.4) is 0 Å². The maximum Gasteiger partial charge on any atom is 0.472 e. The summed E-state index contributed by atoms with van der Waals surface area (Å²) in [6, 6.07) is 1.32. The molecule has 1 saturated heterocycles. The minimum atomic E-state index is -4.73. The first-order chi connectivity index (χ1) is 25.6. The molecule has 6 atom stereocenters. The third-order valence-electron chi connectivity index (χ3n) is 9.52. The summed E-state index contributed by atoms with van der Waals surface area (Å²) in [6.45, 7) is 3.79. The molecule has 0 bridgehead atoms. The van der Waals surface area contributed by atoms with Crippen molar-refractivity contribution in [3.63, 3.8) is 0 Å². The number of hydrogen-bond acceptors (Lipinski definition) is 12. The van der Waals surface area contributed by atoms with Gasteiger partial charge in [0.05, 0.1) is 19.8 Å². The molecule has 2 heterocycles. The normalized spacial score (nSPS) is 20.4. The molecule has 14 nitrogen and oxygen atoms in total. The van der Waals surface area contributed by atoms with E-state index in [1.54, 1.807) is 0 Å². The first-order valence-electron chi connectivity index (χ1n) is 20.3. The van der Waals surface area contributed by atoms with Crippen LogP contribution in [0.2, 0.25) is 0 Å². The van der Waals surface area contributed by atoms with E-state index in [1.165, 1.54) is 102 Å². The molecule has 2 unspecified atom stereocenters. The van der Waals surface area contributed by atoms with Crippen LogP contribution in [0.5, 0.6) is 0 Å². The van der Waals surface area contributed by atoms with Crippen molar-refractivity contribution in [3.8, 4) is 0 Å². The number of aliphatic hydroxyl groups is 2. The maximum absolute atomic E-state index is 12.8. The number of unbranched alkanes of at least 4 members (excludes halogenated alkanes) is 19. The first-order valence-corrected chi connectivity index (χ1v) is 21.8. The van der Waals surface area contributed by atoms with Crippen LogP contribution in [0.25, 0.3) is 0 Å². The number of nitrogens with zero attached hydrogens (tertiary/aromatic N) is 2. The number of phosphoric acid groups is 1. The minimum Gasteiger partial charge on any atom is -0.457 e. The van der Waals surface area contributed by atoms with Gasteiger partial charge in [0.1, 0.15) is 30.2 Å². The van der Waals surface area contributed by atoms with Gasteiger partial charge in [0.15, 0.2) is 6.23 Å². The summed E-state index contributed by atoms with van der Waals surface area (Å²) in [4.78, 5) is 38.9. The highest BCUT2D eigenvalue weighted by Crippen LogP contribution is 2.44. The van der Waals surface area contributed by atoms with Crippen molar-refractivity contribution in [3.05, 3.63) is 22.7 Å². The van der Waals surface area contributed by atoms with Gasteiger partial charge in [0, 0.05) is 19.2 Å². The number of nitrogen functional groups attached to an aromatic ring is 1. The Morgan fingerprint density at radius 2 is 1.36 bits per heavy atom. The fourth-order valence-electron chi connectivity index (χ4n) is 6.30. The van der Waals surface area contributed by atoms with Crippen molar-refractivity contribution in [1.29, 1.82) is 0 Å². The molecule has 5 N–H and O–H groups in total. The third kappa shape index (κ3) is 21.1. The molecular formula is C38H70N3O11P. The van der Waals surface area contributed by atoms with Gasteiger partial charge in [-0.05, 0) is 18.9 Å². The molecule has 0 amide bonds. The van der Waals surface area contributed by atoms with E-state index < -0.39 is 63.3 Å². The molecular weight excluding hydrogens is 705 g/mol. The highest BCUT2D eigenvalue weighted by atomic mass is 31.2. The molecule has 1 aliphatic heterocycles. The average molecular weight is 776 g/mol. The summed E-state index contributed by atoms with van der Waals surface area (Å²) >= 11 is 0. The zero-order valence-electron chi connectivity index (χ0n) is 32.5. The van der Waals surface area contributed by atoms with Crippen LogP contribution >= 0.6 is 7.82 Å². The zero-order valence-corrected chi connectivity index (χ0v) is 33.3. The van der Waals surface area contributed by atoms with Gasteiger partial charge in [-0.2, -0.15) is 4.98 Å². The molecule has 2 rings (SSSR count). The van der Waals surface area contributed by atoms with E-state index in [-0.39, 0.29) is 18.8 Å². The molecule has 0 saturated carbocycles. The molecule has 0 aromatic carbocycles. The Bertz CT molecular complexity index is 1210. The lowest BCUT2D eigenvalue weighted by Crippen LogP contribution is -2.36. The van der Waals surface area contributed by atoms with Gasteiger partial charge in [-0.15, -0.1) is 0 Å². The monoisotopic (exact) mass is 775 g/mol. The van der Waals surface area contributed by atoms with E-state index >= 15 is 0 Å². The predicted molar refractivity (Wildman–Crippen MR) is 204 cm³/mol. The Labute approximate surface area is 317 Å². The molecule has 308 valence electrons. The van der Waals surface area contributed by atoms with Gasteiger partial charge in [0.2, 0.25) is 0 Å². The Morgan fingerprint density at radius 3 is 1.91 bits per heavy atom. The van der Waals surface area contributed by atoms with Crippen LogP contribution < -0.4 is 11.4 Å². The van der Waals surface area contributed by atoms with E-state index in [0.29, 0.717) is 13.0 Å². The highest BCUT2D eigenvalue weighted by Gasteiger charge is 2.45. The number of carbonyl (C=O) groups is 1. The second kappa shape index (κ2) is 28.5. The Balaban J connectivity index is 1.77. The van der Waals surface area contributed by atoms with E-state index in [9.17, 15) is 29.3 Å². The molecule has 1 fully saturated rings. The predicted octanol–water partition coefficient (Wildman–Crippen LogP) is 7.13. The van der Waals surface area contributed by atoms with Crippen molar-refractivity contribution >= 4 is 19.6 Å². The number of anilines is 1. The lowest BCUT2D eigenvalue weighted by atomic mass is 10.1. The number of carbonyl (C=O) groups excluding carboxylic acids is 1. The SMILES string of the molecule is CCCCCCCCCCCCCCOCC(COP(=O)(O)OC[C@H]1O[C@@H](n2ccc(N)nc2=O)[C@@H](O)[C@@H]1O)OC(=O)CCCCCCCCCCC. The smallest absolute Gasteiger partial charge is 0.457 e. The molecule has 0 radical (unpaired) electrons. The molecule has 0 spiro atoms. The van der Waals surface area contributed by atoms with Gasteiger partial charge in [-0.1, -0.05) is 136 Å². The zero-order chi connectivity index (χ0) is 38.7. The van der Waals surface area contributed by atoms with Crippen molar-refractivity contribution in [1.82, 2.24) is 9.55 Å². The first kappa shape index (κ1) is 47.3. The van der Waals surface area contributed by atoms with Crippen LogP contribution in [0.15, 0.2) is 17.1 Å². The standard InChI is InChI=1S/C38H70N3O11P/c1-3-5-7-9-11-13-14-15-17-19-21-23-27-48-28-31(51-34(42)24-22-20-18-16-12-10-8-6-4-2)29-49-53(46,47)50-30-32-35(43)36(44)37(52-32)41-26-25-33(39)40-38(41)45/h25-26,31-32,35-37,43-44H,3-24,27-30H2,1-2H3,(H,46,47)(H2,39,40,45)/t31?,32-,35-,36+,37-/m1/s1. The van der Waals surface area contributed by atoms with Crippen LogP contribution in [0.4, 0.5) is 5.82 Å². The average Bonchev–Trinajstić information content (AvgIpc) is 3.41. The summed E-state index contributed by atoms with van der Waals surface area (Å²) < 4.78 is 41.0. The van der Waals surface area contributed by atoms with E-state index in [0.717, 1.165) is 43.1 Å². The Kier molecular flexibility index (Phi) is 25.4. The van der Waals surface area contributed by atoms with Crippen molar-refractivity contribution in [2.45, 2.75) is 186 Å². The lowest BCUT2D eigenvalue weighted by molar-refractivity contribution is -0.154. The van der Waals surface area contributed by atoms with E-state index in [2.05, 4.69) is 18.8 Å². The second-order valence-corrected chi connectivity index (χ2v) is 15.8. The molecule has 1 aliphatic rings. The van der Waals surface area contributed by atoms with Gasteiger partial charge in [-0.3, -0.25) is 18.4 Å². The highest BCUT2D eigenvalue weighted by molar-refractivity contribution is 7.47. The molecule has 0 aliphatic carbocycles. The van der Waals surface area contributed by atoms with Gasteiger partial charge < -0.3 is 35.1 Å². The number of aliphatic hydroxyl groups excluding tert-OH is 2. The minimum absolute atomic E-state index is 0.00969. The van der Waals surface area contributed by atoms with Crippen LogP contribution in [0, 0.1) is 0 Å². The topological polar surface area (TPSA) is 202 Å². The molecule has 53 heavy (non-hydrogen) atoms. The van der Waals surface area contributed by atoms with Gasteiger partial charge >= 0.3 is 19.5 Å². The van der Waals surface area contributed by atoms with Crippen molar-refractivity contribution in [2.24, 2.45) is 0 Å². The maximum atomic E-state index is 12.8. The van der Waals surface area contributed by atoms with Gasteiger partial charge in [0.25, 0.3) is 0 Å². The number of phosphoric ester groups is 1. The van der Waals surface area contributed by atoms with Crippen LogP contribution in [0.1, 0.15) is 161 Å². The number of esters is 1. The fourth-order valence-corrected chi connectivity index (χ4v) is 7.06. The second-order valence-electron chi connectivity index (χ2n) is 14.3. The van der Waals surface area contributed by atoms with Crippen LogP contribution in [-0.4, -0.2) is 81.5 Å². The largest absolute Gasteiger partial charge is 0.472 e. The summed E-state index contributed by atoms with van der Waals surface area (Å²) in [7, 11) is -4.73. The molecule has 1 aromatic heterocycles. The lowest BCUT2D eigenvalue weighted by Gasteiger charge is -2.21. The fraction of sp³-hybridized carbons (Fsp3) is 0.868. The van der Waals surface area contributed by atoms with E-state index in [4.69, 9.17) is 29.0 Å². The Morgan fingerprint density at radius 1 is 0.830 bits per heavy atom. The quantitative estimate of drug-likeness (QED) is 0.0319. The van der Waals surface area contributed by atoms with E-state index in [1.807, 2.05) is 0 Å². The molecule has 1 aromatic rings. The number of aromatic nitrogens is 2.